The first-order valence-corrected chi connectivity index (χ1v) is 7.88. The van der Waals surface area contributed by atoms with Crippen molar-refractivity contribution in [2.75, 3.05) is 5.32 Å². The molecule has 3 aromatic rings. The van der Waals surface area contributed by atoms with Crippen molar-refractivity contribution < 1.29 is 9.18 Å². The number of nitrogens with one attached hydrogen (secondary N) is 1. The summed E-state index contributed by atoms with van der Waals surface area (Å²) in [6.45, 7) is 3.75. The SMILES string of the molecule is Cc1ccc2nc(C)c(C(=O)Nc3ccc(Br)cc3F)cc2c1. The second kappa shape index (κ2) is 6.08. The van der Waals surface area contributed by atoms with Crippen LogP contribution in [0, 0.1) is 19.7 Å². The summed E-state index contributed by atoms with van der Waals surface area (Å²) in [4.78, 5) is 16.9. The molecule has 0 unspecified atom stereocenters. The van der Waals surface area contributed by atoms with Crippen molar-refractivity contribution in [3.8, 4) is 0 Å². The van der Waals surface area contributed by atoms with Crippen LogP contribution >= 0.6 is 15.9 Å². The monoisotopic (exact) mass is 372 g/mol. The second-order valence-electron chi connectivity index (χ2n) is 5.40. The Bertz CT molecular complexity index is 924. The lowest BCUT2D eigenvalue weighted by Gasteiger charge is -2.10. The van der Waals surface area contributed by atoms with Crippen molar-refractivity contribution in [3.63, 3.8) is 0 Å². The fourth-order valence-corrected chi connectivity index (χ4v) is 2.74. The fraction of sp³-hybridized carbons (Fsp3) is 0.111. The smallest absolute Gasteiger partial charge is 0.257 e. The minimum Gasteiger partial charge on any atom is -0.319 e. The number of pyridine rings is 1. The van der Waals surface area contributed by atoms with E-state index in [1.54, 1.807) is 19.1 Å². The Hall–Kier alpha value is -2.27. The number of aryl methyl sites for hydroxylation is 2. The van der Waals surface area contributed by atoms with Gasteiger partial charge in [0.2, 0.25) is 0 Å². The van der Waals surface area contributed by atoms with Gasteiger partial charge in [0.1, 0.15) is 5.82 Å². The second-order valence-corrected chi connectivity index (χ2v) is 6.31. The molecule has 23 heavy (non-hydrogen) atoms. The van der Waals surface area contributed by atoms with Gasteiger partial charge in [0.05, 0.1) is 22.5 Å². The molecular weight excluding hydrogens is 359 g/mol. The average molecular weight is 373 g/mol. The molecule has 0 spiro atoms. The summed E-state index contributed by atoms with van der Waals surface area (Å²) in [5.74, 6) is -0.866. The first kappa shape index (κ1) is 15.6. The van der Waals surface area contributed by atoms with Gasteiger partial charge in [0.25, 0.3) is 5.91 Å². The first-order valence-electron chi connectivity index (χ1n) is 7.08. The number of halogens is 2. The largest absolute Gasteiger partial charge is 0.319 e. The van der Waals surface area contributed by atoms with Crippen LogP contribution in [0.5, 0.6) is 0 Å². The highest BCUT2D eigenvalue weighted by Gasteiger charge is 2.14. The van der Waals surface area contributed by atoms with Crippen molar-refractivity contribution in [2.24, 2.45) is 0 Å². The third kappa shape index (κ3) is 3.24. The number of hydrogen-bond acceptors (Lipinski definition) is 2. The van der Waals surface area contributed by atoms with Crippen molar-refractivity contribution in [3.05, 3.63) is 69.6 Å². The molecule has 0 bridgehead atoms. The molecule has 3 rings (SSSR count). The molecule has 1 amide bonds. The Morgan fingerprint density at radius 3 is 2.65 bits per heavy atom. The Balaban J connectivity index is 1.98. The summed E-state index contributed by atoms with van der Waals surface area (Å²) in [6.07, 6.45) is 0. The van der Waals surface area contributed by atoms with E-state index in [9.17, 15) is 9.18 Å². The van der Waals surface area contributed by atoms with Crippen LogP contribution in [0.4, 0.5) is 10.1 Å². The number of anilines is 1. The minimum absolute atomic E-state index is 0.141. The van der Waals surface area contributed by atoms with Gasteiger partial charge < -0.3 is 5.32 Å². The van der Waals surface area contributed by atoms with Crippen LogP contribution in [0.3, 0.4) is 0 Å². The Morgan fingerprint density at radius 1 is 1.13 bits per heavy atom. The van der Waals surface area contributed by atoms with Crippen LogP contribution in [0.25, 0.3) is 10.9 Å². The van der Waals surface area contributed by atoms with Gasteiger partial charge in [-0.15, -0.1) is 0 Å². The molecule has 116 valence electrons. The van der Waals surface area contributed by atoms with E-state index in [2.05, 4.69) is 26.2 Å². The fourth-order valence-electron chi connectivity index (χ4n) is 2.40. The molecule has 1 heterocycles. The van der Waals surface area contributed by atoms with Gasteiger partial charge in [-0.05, 0) is 50.2 Å². The van der Waals surface area contributed by atoms with Gasteiger partial charge in [-0.25, -0.2) is 4.39 Å². The van der Waals surface area contributed by atoms with Crippen LogP contribution in [-0.2, 0) is 0 Å². The van der Waals surface area contributed by atoms with Crippen molar-refractivity contribution in [2.45, 2.75) is 13.8 Å². The van der Waals surface area contributed by atoms with Crippen molar-refractivity contribution in [1.29, 1.82) is 0 Å². The maximum atomic E-state index is 13.9. The van der Waals surface area contributed by atoms with Crippen molar-refractivity contribution >= 4 is 38.4 Å². The standard InChI is InChI=1S/C18H14BrFN2O/c1-10-3-5-16-12(7-10)8-14(11(2)21-16)18(23)22-17-6-4-13(19)9-15(17)20/h3-9H,1-2H3,(H,22,23). The first-order chi connectivity index (χ1) is 10.9. The van der Waals surface area contributed by atoms with E-state index in [4.69, 9.17) is 0 Å². The van der Waals surface area contributed by atoms with Crippen LogP contribution in [0.2, 0.25) is 0 Å². The summed E-state index contributed by atoms with van der Waals surface area (Å²) < 4.78 is 14.5. The third-order valence-corrected chi connectivity index (χ3v) is 4.08. The molecule has 3 nitrogen and oxygen atoms in total. The van der Waals surface area contributed by atoms with E-state index in [0.29, 0.717) is 15.7 Å². The molecule has 2 aromatic carbocycles. The highest BCUT2D eigenvalue weighted by Crippen LogP contribution is 2.22. The highest BCUT2D eigenvalue weighted by atomic mass is 79.9. The lowest BCUT2D eigenvalue weighted by atomic mass is 10.1. The molecule has 0 saturated carbocycles. The Morgan fingerprint density at radius 2 is 1.91 bits per heavy atom. The Kier molecular flexibility index (Phi) is 4.13. The summed E-state index contributed by atoms with van der Waals surface area (Å²) in [6, 6.07) is 12.2. The maximum Gasteiger partial charge on any atom is 0.257 e. The molecule has 1 N–H and O–H groups in total. The molecule has 0 atom stereocenters. The molecule has 0 radical (unpaired) electrons. The van der Waals surface area contributed by atoms with E-state index in [0.717, 1.165) is 16.5 Å². The van der Waals surface area contributed by atoms with Crippen LogP contribution in [0.15, 0.2) is 46.9 Å². The lowest BCUT2D eigenvalue weighted by Crippen LogP contribution is -2.15. The topological polar surface area (TPSA) is 42.0 Å². The van der Waals surface area contributed by atoms with Gasteiger partial charge >= 0.3 is 0 Å². The summed E-state index contributed by atoms with van der Waals surface area (Å²) in [5.41, 5.74) is 3.11. The molecule has 0 aliphatic heterocycles. The lowest BCUT2D eigenvalue weighted by molar-refractivity contribution is 0.102. The molecular formula is C18H14BrFN2O. The van der Waals surface area contributed by atoms with Crippen LogP contribution in [-0.4, -0.2) is 10.9 Å². The highest BCUT2D eigenvalue weighted by molar-refractivity contribution is 9.10. The number of nitrogens with zero attached hydrogens (tertiary/aromatic N) is 1. The van der Waals surface area contributed by atoms with Crippen molar-refractivity contribution in [1.82, 2.24) is 4.98 Å². The minimum atomic E-state index is -0.491. The normalized spacial score (nSPS) is 10.8. The zero-order chi connectivity index (χ0) is 16.6. The Labute approximate surface area is 141 Å². The number of amides is 1. The molecule has 0 aliphatic carbocycles. The zero-order valence-corrected chi connectivity index (χ0v) is 14.2. The molecule has 0 saturated heterocycles. The number of rotatable bonds is 2. The quantitative estimate of drug-likeness (QED) is 0.687. The summed E-state index contributed by atoms with van der Waals surface area (Å²) in [5, 5.41) is 3.49. The van der Waals surface area contributed by atoms with Gasteiger partial charge in [0, 0.05) is 9.86 Å². The third-order valence-electron chi connectivity index (χ3n) is 3.58. The van der Waals surface area contributed by atoms with E-state index >= 15 is 0 Å². The average Bonchev–Trinajstić information content (AvgIpc) is 2.49. The predicted molar refractivity (Wildman–Crippen MR) is 93.3 cm³/mol. The van der Waals surface area contributed by atoms with Gasteiger partial charge in [-0.1, -0.05) is 27.6 Å². The number of carbonyl (C=O) groups is 1. The summed E-state index contributed by atoms with van der Waals surface area (Å²) >= 11 is 3.19. The molecule has 5 heteroatoms. The number of benzene rings is 2. The van der Waals surface area contributed by atoms with E-state index in [1.807, 2.05) is 25.1 Å². The van der Waals surface area contributed by atoms with Gasteiger partial charge in [0.15, 0.2) is 0 Å². The van der Waals surface area contributed by atoms with E-state index in [1.165, 1.54) is 12.1 Å². The van der Waals surface area contributed by atoms with Gasteiger partial charge in [-0.2, -0.15) is 0 Å². The maximum absolute atomic E-state index is 13.9. The molecule has 1 aromatic heterocycles. The number of hydrogen-bond donors (Lipinski definition) is 1. The van der Waals surface area contributed by atoms with E-state index < -0.39 is 5.82 Å². The number of fused-ring (bicyclic) bond motifs is 1. The number of carbonyl (C=O) groups excluding carboxylic acids is 1. The van der Waals surface area contributed by atoms with Crippen LogP contribution < -0.4 is 5.32 Å². The predicted octanol–water partition coefficient (Wildman–Crippen LogP) is 5.01. The van der Waals surface area contributed by atoms with Gasteiger partial charge in [-0.3, -0.25) is 9.78 Å². The molecule has 0 aliphatic rings. The van der Waals surface area contributed by atoms with Crippen LogP contribution in [0.1, 0.15) is 21.6 Å². The zero-order valence-electron chi connectivity index (χ0n) is 12.7. The number of aromatic nitrogens is 1. The van der Waals surface area contributed by atoms with E-state index in [-0.39, 0.29) is 11.6 Å². The summed E-state index contributed by atoms with van der Waals surface area (Å²) in [7, 11) is 0. The molecule has 0 fully saturated rings.